The fourth-order valence-electron chi connectivity index (χ4n) is 0.608. The fraction of sp³-hybridized carbons (Fsp3) is 0. The normalized spacial score (nSPS) is 9.27. The Morgan fingerprint density at radius 1 is 1.55 bits per heavy atom. The number of rotatable bonds is 0. The maximum Gasteiger partial charge on any atom is 0.142 e. The molecule has 0 amide bonds. The highest BCUT2D eigenvalue weighted by molar-refractivity contribution is 14.1. The highest BCUT2D eigenvalue weighted by atomic mass is 127. The Hall–Kier alpha value is -0.150. The molecule has 0 spiro atoms. The van der Waals surface area contributed by atoms with Crippen LogP contribution >= 0.6 is 38.5 Å². The molecule has 0 unspecified atom stereocenters. The van der Waals surface area contributed by atoms with Crippen molar-refractivity contribution in [2.75, 3.05) is 0 Å². The molecule has 0 N–H and O–H groups in total. The van der Waals surface area contributed by atoms with E-state index in [1.807, 2.05) is 22.6 Å². The lowest BCUT2D eigenvalue weighted by Gasteiger charge is -1.96. The minimum absolute atomic E-state index is 0.0669. The van der Waals surface area contributed by atoms with E-state index in [0.29, 0.717) is 0 Å². The predicted molar refractivity (Wildman–Crippen MR) is 51.5 cm³/mol. The number of nitriles is 1. The van der Waals surface area contributed by atoms with Gasteiger partial charge in [-0.1, -0.05) is 0 Å². The lowest BCUT2D eigenvalue weighted by molar-refractivity contribution is 0.622. The monoisotopic (exact) mass is 325 g/mol. The van der Waals surface area contributed by atoms with Crippen LogP contribution in [0.15, 0.2) is 16.6 Å². The van der Waals surface area contributed by atoms with Crippen molar-refractivity contribution < 1.29 is 4.39 Å². The molecular weight excluding hydrogens is 324 g/mol. The van der Waals surface area contributed by atoms with Crippen molar-refractivity contribution in [3.8, 4) is 6.07 Å². The van der Waals surface area contributed by atoms with Crippen molar-refractivity contribution >= 4 is 38.5 Å². The minimum atomic E-state index is -0.472. The standard InChI is InChI=1S/C7H2BrFIN/c8-5-1-4(3-11)6(9)2-7(5)10/h1-2H. The van der Waals surface area contributed by atoms with Crippen LogP contribution in [-0.4, -0.2) is 0 Å². The summed E-state index contributed by atoms with van der Waals surface area (Å²) in [6.07, 6.45) is 0. The van der Waals surface area contributed by atoms with E-state index in [1.165, 1.54) is 12.1 Å². The van der Waals surface area contributed by atoms with Crippen LogP contribution in [0.1, 0.15) is 5.56 Å². The van der Waals surface area contributed by atoms with Crippen LogP contribution in [0, 0.1) is 20.7 Å². The van der Waals surface area contributed by atoms with Gasteiger partial charge in [0.25, 0.3) is 0 Å². The molecule has 0 fully saturated rings. The lowest BCUT2D eigenvalue weighted by Crippen LogP contribution is -1.85. The van der Waals surface area contributed by atoms with Crippen molar-refractivity contribution in [2.45, 2.75) is 0 Å². The molecule has 0 radical (unpaired) electrons. The number of hydrogen-bond donors (Lipinski definition) is 0. The first-order valence-corrected chi connectivity index (χ1v) is 4.57. The van der Waals surface area contributed by atoms with Gasteiger partial charge >= 0.3 is 0 Å². The van der Waals surface area contributed by atoms with Crippen LogP contribution in [0.3, 0.4) is 0 Å². The van der Waals surface area contributed by atoms with Crippen molar-refractivity contribution in [3.05, 3.63) is 31.6 Å². The smallest absolute Gasteiger partial charge is 0.142 e. The summed E-state index contributed by atoms with van der Waals surface area (Å²) in [5.41, 5.74) is 0.0669. The Bertz CT molecular complexity index is 332. The third-order valence-electron chi connectivity index (χ3n) is 1.13. The molecule has 1 nitrogen and oxygen atoms in total. The summed E-state index contributed by atoms with van der Waals surface area (Å²) in [5.74, 6) is -0.472. The quantitative estimate of drug-likeness (QED) is 0.531. The highest BCUT2D eigenvalue weighted by Gasteiger charge is 2.04. The second-order valence-corrected chi connectivity index (χ2v) is 3.87. The number of halogens is 3. The van der Waals surface area contributed by atoms with E-state index < -0.39 is 5.82 Å². The first kappa shape index (κ1) is 8.94. The van der Waals surface area contributed by atoms with E-state index in [2.05, 4.69) is 15.9 Å². The zero-order valence-corrected chi connectivity index (χ0v) is 8.98. The number of nitrogens with zero attached hydrogens (tertiary/aromatic N) is 1. The van der Waals surface area contributed by atoms with Gasteiger partial charge in [0.1, 0.15) is 11.9 Å². The molecule has 4 heteroatoms. The maximum absolute atomic E-state index is 12.8. The summed E-state index contributed by atoms with van der Waals surface area (Å²) in [6, 6.07) is 4.55. The summed E-state index contributed by atoms with van der Waals surface area (Å²) < 4.78 is 14.3. The summed E-state index contributed by atoms with van der Waals surface area (Å²) >= 11 is 5.18. The van der Waals surface area contributed by atoms with Crippen LogP contribution in [0.5, 0.6) is 0 Å². The van der Waals surface area contributed by atoms with Crippen LogP contribution in [0.4, 0.5) is 4.39 Å². The largest absolute Gasteiger partial charge is 0.206 e. The predicted octanol–water partition coefficient (Wildman–Crippen LogP) is 3.06. The Labute approximate surface area is 85.5 Å². The van der Waals surface area contributed by atoms with Crippen molar-refractivity contribution in [2.24, 2.45) is 0 Å². The van der Waals surface area contributed by atoms with Crippen molar-refractivity contribution in [1.82, 2.24) is 0 Å². The molecule has 0 saturated heterocycles. The molecule has 0 atom stereocenters. The van der Waals surface area contributed by atoms with Crippen molar-refractivity contribution in [1.29, 1.82) is 5.26 Å². The fourth-order valence-corrected chi connectivity index (χ4v) is 1.38. The van der Waals surface area contributed by atoms with Gasteiger partial charge < -0.3 is 0 Å². The lowest BCUT2D eigenvalue weighted by atomic mass is 10.2. The number of hydrogen-bond acceptors (Lipinski definition) is 1. The Balaban J connectivity index is 3.35. The third-order valence-corrected chi connectivity index (χ3v) is 3.42. The summed E-state index contributed by atoms with van der Waals surface area (Å²) in [6.45, 7) is 0. The van der Waals surface area contributed by atoms with Gasteiger partial charge in [0.2, 0.25) is 0 Å². The first-order valence-electron chi connectivity index (χ1n) is 2.70. The van der Waals surface area contributed by atoms with E-state index in [9.17, 15) is 4.39 Å². The van der Waals surface area contributed by atoms with Gasteiger partial charge in [-0.25, -0.2) is 4.39 Å². The molecule has 11 heavy (non-hydrogen) atoms. The average Bonchev–Trinajstić information content (AvgIpc) is 1.97. The van der Waals surface area contributed by atoms with Gasteiger partial charge in [0.05, 0.1) is 5.56 Å². The van der Waals surface area contributed by atoms with Crippen LogP contribution in [0.2, 0.25) is 0 Å². The molecule has 0 aliphatic rings. The van der Waals surface area contributed by atoms with Gasteiger partial charge in [0, 0.05) is 8.04 Å². The summed E-state index contributed by atoms with van der Waals surface area (Å²) in [7, 11) is 0. The zero-order valence-electron chi connectivity index (χ0n) is 5.24. The highest BCUT2D eigenvalue weighted by Crippen LogP contribution is 2.22. The van der Waals surface area contributed by atoms with Gasteiger partial charge in [-0.3, -0.25) is 0 Å². The summed E-state index contributed by atoms with van der Waals surface area (Å²) in [4.78, 5) is 0. The summed E-state index contributed by atoms with van der Waals surface area (Å²) in [5, 5.41) is 8.42. The molecule has 1 rings (SSSR count). The van der Waals surface area contributed by atoms with Crippen LogP contribution in [-0.2, 0) is 0 Å². The molecule has 0 bridgehead atoms. The molecule has 1 aromatic carbocycles. The van der Waals surface area contributed by atoms with E-state index in [0.717, 1.165) is 8.04 Å². The molecule has 56 valence electrons. The molecule has 0 heterocycles. The maximum atomic E-state index is 12.8. The number of benzene rings is 1. The van der Waals surface area contributed by atoms with E-state index in [-0.39, 0.29) is 5.56 Å². The van der Waals surface area contributed by atoms with Gasteiger partial charge in [-0.05, 0) is 50.7 Å². The van der Waals surface area contributed by atoms with E-state index in [4.69, 9.17) is 5.26 Å². The van der Waals surface area contributed by atoms with E-state index >= 15 is 0 Å². The van der Waals surface area contributed by atoms with Crippen molar-refractivity contribution in [3.63, 3.8) is 0 Å². The van der Waals surface area contributed by atoms with Crippen LogP contribution in [0.25, 0.3) is 0 Å². The van der Waals surface area contributed by atoms with Gasteiger partial charge in [0.15, 0.2) is 0 Å². The molecular formula is C7H2BrFIN. The second-order valence-electron chi connectivity index (χ2n) is 1.86. The Morgan fingerprint density at radius 2 is 2.18 bits per heavy atom. The first-order chi connectivity index (χ1) is 5.15. The van der Waals surface area contributed by atoms with Gasteiger partial charge in [-0.15, -0.1) is 0 Å². The SMILES string of the molecule is N#Cc1cc(Br)c(I)cc1F. The molecule has 0 aliphatic carbocycles. The molecule has 0 aliphatic heterocycles. The minimum Gasteiger partial charge on any atom is -0.206 e. The van der Waals surface area contributed by atoms with Gasteiger partial charge in [-0.2, -0.15) is 5.26 Å². The average molecular weight is 326 g/mol. The topological polar surface area (TPSA) is 23.8 Å². The molecule has 0 aromatic heterocycles. The Kier molecular flexibility index (Phi) is 2.84. The molecule has 1 aromatic rings. The Morgan fingerprint density at radius 3 is 2.73 bits per heavy atom. The zero-order chi connectivity index (χ0) is 8.43. The second kappa shape index (κ2) is 3.50. The van der Waals surface area contributed by atoms with Crippen LogP contribution < -0.4 is 0 Å². The third kappa shape index (κ3) is 1.91. The molecule has 0 saturated carbocycles. The van der Waals surface area contributed by atoms with E-state index in [1.54, 1.807) is 6.07 Å².